The average molecular weight is 398 g/mol. The average Bonchev–Trinajstić information content (AvgIpc) is 3.19. The fourth-order valence-electron chi connectivity index (χ4n) is 4.23. The van der Waals surface area contributed by atoms with Crippen molar-refractivity contribution in [2.45, 2.75) is 57.5 Å². The minimum atomic E-state index is -0.604. The van der Waals surface area contributed by atoms with Gasteiger partial charge in [0, 0.05) is 12.5 Å². The van der Waals surface area contributed by atoms with E-state index in [-0.39, 0.29) is 23.5 Å². The molecule has 2 heterocycles. The maximum Gasteiger partial charge on any atom is 0.331 e. The van der Waals surface area contributed by atoms with E-state index < -0.39 is 11.2 Å². The molecule has 1 aliphatic heterocycles. The van der Waals surface area contributed by atoms with Crippen LogP contribution in [0.15, 0.2) is 39.0 Å². The number of ether oxygens (including phenoxy) is 1. The predicted molar refractivity (Wildman–Crippen MR) is 110 cm³/mol. The summed E-state index contributed by atoms with van der Waals surface area (Å²) < 4.78 is 6.80. The van der Waals surface area contributed by atoms with E-state index in [4.69, 9.17) is 4.74 Å². The molecule has 1 aromatic heterocycles. The molecule has 3 N–H and O–H groups in total. The third kappa shape index (κ3) is 3.79. The lowest BCUT2D eigenvalue weighted by atomic mass is 9.95. The fraction of sp³-hybridized carbons (Fsp3) is 0.476. The van der Waals surface area contributed by atoms with Crippen LogP contribution in [0.2, 0.25) is 0 Å². The number of aromatic amines is 1. The van der Waals surface area contributed by atoms with E-state index in [9.17, 15) is 14.7 Å². The van der Waals surface area contributed by atoms with Gasteiger partial charge in [-0.25, -0.2) is 4.79 Å². The number of nitrogens with one attached hydrogen (secondary N) is 2. The molecule has 1 aliphatic carbocycles. The molecule has 8 heteroatoms. The quantitative estimate of drug-likeness (QED) is 0.717. The molecule has 1 unspecified atom stereocenters. The molecule has 0 amide bonds. The zero-order valence-electron chi connectivity index (χ0n) is 16.5. The number of nitrogens with zero attached hydrogens (tertiary/aromatic N) is 2. The van der Waals surface area contributed by atoms with Crippen LogP contribution >= 0.6 is 0 Å². The number of hydrazone groups is 1. The Labute approximate surface area is 168 Å². The number of benzene rings is 1. The molecule has 1 atom stereocenters. The summed E-state index contributed by atoms with van der Waals surface area (Å²) in [5, 5.41) is 15.1. The molecule has 2 aromatic rings. The van der Waals surface area contributed by atoms with Crippen molar-refractivity contribution in [3.63, 3.8) is 0 Å². The van der Waals surface area contributed by atoms with E-state index in [1.807, 2.05) is 31.2 Å². The molecular formula is C21H26N4O4. The molecule has 0 bridgehead atoms. The number of aromatic nitrogens is 2. The van der Waals surface area contributed by atoms with Gasteiger partial charge in [0.1, 0.15) is 11.3 Å². The van der Waals surface area contributed by atoms with Gasteiger partial charge in [-0.2, -0.15) is 5.10 Å². The lowest BCUT2D eigenvalue weighted by Gasteiger charge is -2.25. The lowest BCUT2D eigenvalue weighted by Crippen LogP contribution is -2.36. The summed E-state index contributed by atoms with van der Waals surface area (Å²) in [6, 6.07) is 7.48. The van der Waals surface area contributed by atoms with Crippen molar-refractivity contribution in [3.05, 3.63) is 56.2 Å². The second-order valence-corrected chi connectivity index (χ2v) is 7.57. The molecule has 1 saturated carbocycles. The molecule has 2 aliphatic rings. The molecule has 8 nitrogen and oxygen atoms in total. The highest BCUT2D eigenvalue weighted by atomic mass is 16.5. The molecular weight excluding hydrogens is 372 g/mol. The predicted octanol–water partition coefficient (Wildman–Crippen LogP) is 2.58. The van der Waals surface area contributed by atoms with E-state index in [1.165, 1.54) is 4.57 Å². The van der Waals surface area contributed by atoms with Gasteiger partial charge in [0.05, 0.1) is 18.4 Å². The monoisotopic (exact) mass is 398 g/mol. The van der Waals surface area contributed by atoms with Gasteiger partial charge in [0.25, 0.3) is 5.56 Å². The van der Waals surface area contributed by atoms with Crippen LogP contribution in [0.3, 0.4) is 0 Å². The van der Waals surface area contributed by atoms with E-state index in [0.29, 0.717) is 18.7 Å². The van der Waals surface area contributed by atoms with E-state index in [2.05, 4.69) is 15.5 Å². The Morgan fingerprint density at radius 3 is 2.59 bits per heavy atom. The maximum absolute atomic E-state index is 12.5. The van der Waals surface area contributed by atoms with Gasteiger partial charge in [0.2, 0.25) is 5.88 Å². The molecule has 29 heavy (non-hydrogen) atoms. The standard InChI is InChI=1S/C21H26N4O4/c1-2-29-15-10-8-13(9-11-15)16-12-17(24-23-16)18-19(26)22-21(28)25(20(18)27)14-6-4-3-5-7-14/h8-11,14,16,23,27H,2-7,12H2,1H3,(H,22,26,28). The maximum atomic E-state index is 12.5. The Bertz CT molecular complexity index is 1020. The highest BCUT2D eigenvalue weighted by Crippen LogP contribution is 2.32. The summed E-state index contributed by atoms with van der Waals surface area (Å²) in [5.74, 6) is 0.516. The first-order valence-electron chi connectivity index (χ1n) is 10.2. The third-order valence-electron chi connectivity index (χ3n) is 5.69. The van der Waals surface area contributed by atoms with Crippen molar-refractivity contribution < 1.29 is 9.84 Å². The van der Waals surface area contributed by atoms with Crippen LogP contribution in [0.5, 0.6) is 11.6 Å². The molecule has 154 valence electrons. The SMILES string of the molecule is CCOc1ccc(C2CC(c3c(O)n(C4CCCCC4)c(=O)[nH]c3=O)=NN2)cc1. The number of H-pyrrole nitrogens is 1. The second kappa shape index (κ2) is 8.14. The van der Waals surface area contributed by atoms with Crippen LogP contribution < -0.4 is 21.4 Å². The minimum absolute atomic E-state index is 0.0797. The highest BCUT2D eigenvalue weighted by Gasteiger charge is 2.29. The zero-order chi connectivity index (χ0) is 20.4. The molecule has 0 radical (unpaired) electrons. The van der Waals surface area contributed by atoms with Gasteiger partial charge in [0.15, 0.2) is 0 Å². The first kappa shape index (κ1) is 19.3. The lowest BCUT2D eigenvalue weighted by molar-refractivity contribution is 0.298. The van der Waals surface area contributed by atoms with Crippen molar-refractivity contribution in [1.29, 1.82) is 0 Å². The van der Waals surface area contributed by atoms with Gasteiger partial charge >= 0.3 is 5.69 Å². The van der Waals surface area contributed by atoms with Gasteiger partial charge in [-0.1, -0.05) is 31.4 Å². The molecule has 4 rings (SSSR count). The van der Waals surface area contributed by atoms with Crippen LogP contribution in [0, 0.1) is 0 Å². The van der Waals surface area contributed by atoms with Crippen LogP contribution in [-0.4, -0.2) is 27.0 Å². The van der Waals surface area contributed by atoms with Gasteiger partial charge in [-0.15, -0.1) is 0 Å². The van der Waals surface area contributed by atoms with Crippen LogP contribution in [0.4, 0.5) is 0 Å². The normalized spacial score (nSPS) is 19.6. The smallest absolute Gasteiger partial charge is 0.331 e. The van der Waals surface area contributed by atoms with Gasteiger partial charge < -0.3 is 15.3 Å². The van der Waals surface area contributed by atoms with Crippen molar-refractivity contribution >= 4 is 5.71 Å². The summed E-state index contributed by atoms with van der Waals surface area (Å²) in [6.45, 7) is 2.54. The summed E-state index contributed by atoms with van der Waals surface area (Å²) in [6.07, 6.45) is 5.22. The Hall–Kier alpha value is -3.03. The summed E-state index contributed by atoms with van der Waals surface area (Å²) in [7, 11) is 0. The number of rotatable bonds is 5. The Morgan fingerprint density at radius 1 is 1.17 bits per heavy atom. The van der Waals surface area contributed by atoms with Crippen molar-refractivity contribution in [3.8, 4) is 11.6 Å². The van der Waals surface area contributed by atoms with E-state index in [1.54, 1.807) is 0 Å². The van der Waals surface area contributed by atoms with E-state index >= 15 is 0 Å². The number of hydrogen-bond acceptors (Lipinski definition) is 6. The number of aromatic hydroxyl groups is 1. The van der Waals surface area contributed by atoms with Crippen LogP contribution in [0.1, 0.15) is 68.7 Å². The molecule has 0 saturated heterocycles. The largest absolute Gasteiger partial charge is 0.494 e. The van der Waals surface area contributed by atoms with Crippen molar-refractivity contribution in [2.75, 3.05) is 6.61 Å². The topological polar surface area (TPSA) is 109 Å². The molecule has 0 spiro atoms. The summed E-state index contributed by atoms with van der Waals surface area (Å²) in [5.41, 5.74) is 3.41. The van der Waals surface area contributed by atoms with E-state index in [0.717, 1.165) is 43.4 Å². The Morgan fingerprint density at radius 2 is 1.90 bits per heavy atom. The summed E-state index contributed by atoms with van der Waals surface area (Å²) >= 11 is 0. The van der Waals surface area contributed by atoms with Crippen LogP contribution in [-0.2, 0) is 0 Å². The van der Waals surface area contributed by atoms with Gasteiger partial charge in [-0.05, 0) is 37.5 Å². The van der Waals surface area contributed by atoms with Crippen molar-refractivity contribution in [2.24, 2.45) is 5.10 Å². The van der Waals surface area contributed by atoms with Crippen molar-refractivity contribution in [1.82, 2.24) is 15.0 Å². The Balaban J connectivity index is 1.60. The first-order valence-corrected chi connectivity index (χ1v) is 10.2. The highest BCUT2D eigenvalue weighted by molar-refractivity contribution is 6.03. The fourth-order valence-corrected chi connectivity index (χ4v) is 4.23. The minimum Gasteiger partial charge on any atom is -0.494 e. The number of hydrogen-bond donors (Lipinski definition) is 3. The first-order chi connectivity index (χ1) is 14.1. The second-order valence-electron chi connectivity index (χ2n) is 7.57. The molecule has 1 fully saturated rings. The van der Waals surface area contributed by atoms with Crippen LogP contribution in [0.25, 0.3) is 0 Å². The Kier molecular flexibility index (Phi) is 5.42. The van der Waals surface area contributed by atoms with Gasteiger partial charge in [-0.3, -0.25) is 14.3 Å². The third-order valence-corrected chi connectivity index (χ3v) is 5.69. The zero-order valence-corrected chi connectivity index (χ0v) is 16.5. The molecule has 1 aromatic carbocycles. The summed E-state index contributed by atoms with van der Waals surface area (Å²) in [4.78, 5) is 27.2.